The highest BCUT2D eigenvalue weighted by Gasteiger charge is 2.28. The van der Waals surface area contributed by atoms with Gasteiger partial charge in [0.25, 0.3) is 11.5 Å². The SMILES string of the molecule is CN(C(=O)c1c[nH]c(=O)cn1)C(C)(C)CO. The summed E-state index contributed by atoms with van der Waals surface area (Å²) in [7, 11) is 1.57. The lowest BCUT2D eigenvalue weighted by Gasteiger charge is -2.33. The van der Waals surface area contributed by atoms with E-state index in [1.807, 2.05) is 0 Å². The Balaban J connectivity index is 2.94. The number of hydrogen-bond acceptors (Lipinski definition) is 4. The molecule has 1 aromatic rings. The number of H-pyrrole nitrogens is 1. The fourth-order valence-electron chi connectivity index (χ4n) is 1.01. The number of carbonyl (C=O) groups is 1. The van der Waals surface area contributed by atoms with E-state index in [0.29, 0.717) is 0 Å². The van der Waals surface area contributed by atoms with E-state index in [1.165, 1.54) is 11.1 Å². The van der Waals surface area contributed by atoms with Crippen molar-refractivity contribution < 1.29 is 9.90 Å². The van der Waals surface area contributed by atoms with E-state index in [-0.39, 0.29) is 23.8 Å². The quantitative estimate of drug-likeness (QED) is 0.733. The molecule has 0 spiro atoms. The molecule has 0 aromatic carbocycles. The molecule has 0 aliphatic carbocycles. The monoisotopic (exact) mass is 225 g/mol. The van der Waals surface area contributed by atoms with Crippen LogP contribution < -0.4 is 5.56 Å². The van der Waals surface area contributed by atoms with Crippen LogP contribution in [0.25, 0.3) is 0 Å². The summed E-state index contributed by atoms with van der Waals surface area (Å²) >= 11 is 0. The highest BCUT2D eigenvalue weighted by Crippen LogP contribution is 2.13. The van der Waals surface area contributed by atoms with Crippen LogP contribution in [-0.2, 0) is 0 Å². The van der Waals surface area contributed by atoms with Crippen molar-refractivity contribution in [2.24, 2.45) is 0 Å². The molecule has 0 bridgehead atoms. The van der Waals surface area contributed by atoms with Gasteiger partial charge in [0.2, 0.25) is 0 Å². The second kappa shape index (κ2) is 4.44. The van der Waals surface area contributed by atoms with E-state index >= 15 is 0 Å². The third-order valence-electron chi connectivity index (χ3n) is 2.49. The maximum Gasteiger partial charge on any atom is 0.274 e. The van der Waals surface area contributed by atoms with Crippen molar-refractivity contribution in [2.75, 3.05) is 13.7 Å². The number of aliphatic hydroxyl groups is 1. The maximum atomic E-state index is 11.9. The summed E-state index contributed by atoms with van der Waals surface area (Å²) in [5.74, 6) is -0.352. The molecule has 88 valence electrons. The molecule has 6 heteroatoms. The van der Waals surface area contributed by atoms with E-state index in [1.54, 1.807) is 20.9 Å². The zero-order valence-corrected chi connectivity index (χ0v) is 9.52. The molecular formula is C10H15N3O3. The van der Waals surface area contributed by atoms with Crippen molar-refractivity contribution in [3.63, 3.8) is 0 Å². The highest BCUT2D eigenvalue weighted by atomic mass is 16.3. The lowest BCUT2D eigenvalue weighted by molar-refractivity contribution is 0.0467. The van der Waals surface area contributed by atoms with Crippen molar-refractivity contribution in [3.05, 3.63) is 28.4 Å². The summed E-state index contributed by atoms with van der Waals surface area (Å²) in [6, 6.07) is 0. The van der Waals surface area contributed by atoms with Crippen LogP contribution >= 0.6 is 0 Å². The van der Waals surface area contributed by atoms with Gasteiger partial charge in [0.15, 0.2) is 0 Å². The zero-order chi connectivity index (χ0) is 12.3. The standard InChI is InChI=1S/C10H15N3O3/c1-10(2,6-14)13(3)9(16)7-4-12-8(15)5-11-7/h4-5,14H,6H2,1-3H3,(H,12,15). The Hall–Kier alpha value is -1.69. The van der Waals surface area contributed by atoms with Gasteiger partial charge in [-0.1, -0.05) is 0 Å². The molecule has 0 saturated heterocycles. The number of aliphatic hydroxyl groups excluding tert-OH is 1. The summed E-state index contributed by atoms with van der Waals surface area (Å²) in [6.07, 6.45) is 2.31. The van der Waals surface area contributed by atoms with E-state index in [2.05, 4.69) is 9.97 Å². The number of aromatic nitrogens is 2. The normalized spacial score (nSPS) is 11.2. The first kappa shape index (κ1) is 12.4. The second-order valence-electron chi connectivity index (χ2n) is 4.13. The first-order valence-corrected chi connectivity index (χ1v) is 4.82. The number of carbonyl (C=O) groups excluding carboxylic acids is 1. The highest BCUT2D eigenvalue weighted by molar-refractivity contribution is 5.92. The number of aromatic amines is 1. The Morgan fingerprint density at radius 2 is 2.25 bits per heavy atom. The maximum absolute atomic E-state index is 11.9. The first-order chi connectivity index (χ1) is 7.38. The first-order valence-electron chi connectivity index (χ1n) is 4.82. The topological polar surface area (TPSA) is 86.3 Å². The number of likely N-dealkylation sites (N-methyl/N-ethyl adjacent to an activating group) is 1. The minimum Gasteiger partial charge on any atom is -0.394 e. The Morgan fingerprint density at radius 3 is 2.69 bits per heavy atom. The van der Waals surface area contributed by atoms with Crippen LogP contribution in [0.5, 0.6) is 0 Å². The summed E-state index contributed by atoms with van der Waals surface area (Å²) in [4.78, 5) is 30.2. The van der Waals surface area contributed by atoms with Gasteiger partial charge in [0.05, 0.1) is 18.3 Å². The van der Waals surface area contributed by atoms with Gasteiger partial charge in [0.1, 0.15) is 5.69 Å². The Kier molecular flexibility index (Phi) is 3.44. The molecule has 1 amide bonds. The Labute approximate surface area is 92.9 Å². The molecule has 0 radical (unpaired) electrons. The lowest BCUT2D eigenvalue weighted by Crippen LogP contribution is -2.48. The molecule has 6 nitrogen and oxygen atoms in total. The third-order valence-corrected chi connectivity index (χ3v) is 2.49. The largest absolute Gasteiger partial charge is 0.394 e. The van der Waals surface area contributed by atoms with Gasteiger partial charge in [-0.05, 0) is 13.8 Å². The predicted molar refractivity (Wildman–Crippen MR) is 58.1 cm³/mol. The van der Waals surface area contributed by atoms with Gasteiger partial charge in [-0.2, -0.15) is 0 Å². The molecule has 1 aromatic heterocycles. The van der Waals surface area contributed by atoms with Gasteiger partial charge >= 0.3 is 0 Å². The molecule has 0 unspecified atom stereocenters. The van der Waals surface area contributed by atoms with Crippen LogP contribution in [0, 0.1) is 0 Å². The van der Waals surface area contributed by atoms with E-state index in [4.69, 9.17) is 5.11 Å². The van der Waals surface area contributed by atoms with Crippen molar-refractivity contribution in [2.45, 2.75) is 19.4 Å². The molecule has 0 saturated carbocycles. The number of nitrogens with zero attached hydrogens (tertiary/aromatic N) is 2. The smallest absolute Gasteiger partial charge is 0.274 e. The predicted octanol–water partition coefficient (Wildman–Crippen LogP) is -0.387. The summed E-state index contributed by atoms with van der Waals surface area (Å²) < 4.78 is 0. The van der Waals surface area contributed by atoms with E-state index < -0.39 is 5.54 Å². The number of rotatable bonds is 3. The fourth-order valence-corrected chi connectivity index (χ4v) is 1.01. The zero-order valence-electron chi connectivity index (χ0n) is 9.52. The lowest BCUT2D eigenvalue weighted by atomic mass is 10.0. The number of hydrogen-bond donors (Lipinski definition) is 2. The van der Waals surface area contributed by atoms with Crippen molar-refractivity contribution in [1.29, 1.82) is 0 Å². The van der Waals surface area contributed by atoms with Gasteiger partial charge < -0.3 is 15.0 Å². The van der Waals surface area contributed by atoms with Crippen molar-refractivity contribution in [3.8, 4) is 0 Å². The molecule has 16 heavy (non-hydrogen) atoms. The molecule has 1 rings (SSSR count). The molecule has 2 N–H and O–H groups in total. The molecule has 0 aliphatic rings. The summed E-state index contributed by atoms with van der Waals surface area (Å²) in [5.41, 5.74) is -0.890. The van der Waals surface area contributed by atoms with E-state index in [0.717, 1.165) is 6.20 Å². The summed E-state index contributed by atoms with van der Waals surface area (Å²) in [5, 5.41) is 9.13. The van der Waals surface area contributed by atoms with Crippen molar-refractivity contribution >= 4 is 5.91 Å². The van der Waals surface area contributed by atoms with Gasteiger partial charge in [-0.15, -0.1) is 0 Å². The van der Waals surface area contributed by atoms with Gasteiger partial charge in [-0.25, -0.2) is 4.98 Å². The molecule has 0 aliphatic heterocycles. The van der Waals surface area contributed by atoms with Crippen molar-refractivity contribution in [1.82, 2.24) is 14.9 Å². The number of nitrogens with one attached hydrogen (secondary N) is 1. The van der Waals surface area contributed by atoms with Gasteiger partial charge in [-0.3, -0.25) is 9.59 Å². The second-order valence-corrected chi connectivity index (χ2v) is 4.13. The van der Waals surface area contributed by atoms with Crippen LogP contribution in [0.2, 0.25) is 0 Å². The fraction of sp³-hybridized carbons (Fsp3) is 0.500. The van der Waals surface area contributed by atoms with Crippen LogP contribution in [0.15, 0.2) is 17.2 Å². The van der Waals surface area contributed by atoms with Crippen LogP contribution in [-0.4, -0.2) is 45.1 Å². The average Bonchev–Trinajstić information content (AvgIpc) is 2.28. The van der Waals surface area contributed by atoms with Gasteiger partial charge in [0, 0.05) is 13.2 Å². The molecule has 0 atom stereocenters. The average molecular weight is 225 g/mol. The molecule has 1 heterocycles. The molecular weight excluding hydrogens is 210 g/mol. The molecule has 0 fully saturated rings. The Bertz CT molecular complexity index is 419. The minimum atomic E-state index is -0.672. The third kappa shape index (κ3) is 2.46. The number of amides is 1. The van der Waals surface area contributed by atoms with E-state index in [9.17, 15) is 9.59 Å². The van der Waals surface area contributed by atoms with Crippen LogP contribution in [0.3, 0.4) is 0 Å². The van der Waals surface area contributed by atoms with Crippen LogP contribution in [0.4, 0.5) is 0 Å². The van der Waals surface area contributed by atoms with Crippen LogP contribution in [0.1, 0.15) is 24.3 Å². The summed E-state index contributed by atoms with van der Waals surface area (Å²) in [6.45, 7) is 3.31. The Morgan fingerprint density at radius 1 is 1.62 bits per heavy atom. The minimum absolute atomic E-state index is 0.142.